The Bertz CT molecular complexity index is 1330. The molecule has 30 heavy (non-hydrogen) atoms. The Morgan fingerprint density at radius 2 is 1.97 bits per heavy atom. The van der Waals surface area contributed by atoms with Crippen LogP contribution in [0.2, 0.25) is 0 Å². The number of aromatic nitrogens is 2. The van der Waals surface area contributed by atoms with Gasteiger partial charge >= 0.3 is 6.18 Å². The molecule has 0 aliphatic rings. The smallest absolute Gasteiger partial charge is 0.452 e. The second-order valence-corrected chi connectivity index (χ2v) is 9.04. The van der Waals surface area contributed by atoms with Gasteiger partial charge in [0, 0.05) is 23.7 Å². The van der Waals surface area contributed by atoms with Crippen molar-refractivity contribution in [3.05, 3.63) is 54.4 Å². The van der Waals surface area contributed by atoms with Gasteiger partial charge in [-0.2, -0.15) is 13.2 Å². The molecule has 4 aromatic rings. The number of rotatable bonds is 5. The molecule has 0 amide bonds. The van der Waals surface area contributed by atoms with Crippen LogP contribution in [0.15, 0.2) is 57.4 Å². The molecule has 4 rings (SSSR count). The number of hydrogen-bond acceptors (Lipinski definition) is 7. The van der Waals surface area contributed by atoms with Gasteiger partial charge in [0.05, 0.1) is 23.2 Å². The SMILES string of the molecule is COc1cc(NS(=O)(=O)c2ccc(-c3cc(C(F)(F)F)on3)s2)c2ncccc2c1. The number of sulfonamides is 1. The number of alkyl halides is 3. The van der Waals surface area contributed by atoms with E-state index in [4.69, 9.17) is 4.74 Å². The third-order valence-corrected chi connectivity index (χ3v) is 7.01. The molecule has 3 aromatic heterocycles. The minimum Gasteiger partial charge on any atom is -0.497 e. The molecule has 0 fully saturated rings. The predicted molar refractivity (Wildman–Crippen MR) is 104 cm³/mol. The highest BCUT2D eigenvalue weighted by molar-refractivity contribution is 7.94. The maximum absolute atomic E-state index is 12.9. The normalized spacial score (nSPS) is 12.3. The van der Waals surface area contributed by atoms with Crippen LogP contribution < -0.4 is 9.46 Å². The average molecular weight is 455 g/mol. The summed E-state index contributed by atoms with van der Waals surface area (Å²) in [6, 6.07) is 10.0. The lowest BCUT2D eigenvalue weighted by Gasteiger charge is -2.11. The van der Waals surface area contributed by atoms with Gasteiger partial charge in [0.15, 0.2) is 0 Å². The van der Waals surface area contributed by atoms with E-state index in [1.165, 1.54) is 31.5 Å². The van der Waals surface area contributed by atoms with Crippen LogP contribution in [-0.2, 0) is 16.2 Å². The van der Waals surface area contributed by atoms with Crippen molar-refractivity contribution in [2.45, 2.75) is 10.4 Å². The van der Waals surface area contributed by atoms with E-state index in [1.807, 2.05) is 0 Å². The molecular formula is C18H12F3N3O4S2. The molecule has 3 heterocycles. The minimum absolute atomic E-state index is 0.109. The Morgan fingerprint density at radius 1 is 1.17 bits per heavy atom. The van der Waals surface area contributed by atoms with Crippen LogP contribution >= 0.6 is 11.3 Å². The van der Waals surface area contributed by atoms with Gasteiger partial charge in [-0.05, 0) is 24.3 Å². The first-order valence-electron chi connectivity index (χ1n) is 8.27. The van der Waals surface area contributed by atoms with Gasteiger partial charge in [-0.1, -0.05) is 11.2 Å². The molecule has 1 aromatic carbocycles. The fourth-order valence-corrected chi connectivity index (χ4v) is 5.00. The first-order valence-corrected chi connectivity index (χ1v) is 10.6. The lowest BCUT2D eigenvalue weighted by molar-refractivity contribution is -0.155. The van der Waals surface area contributed by atoms with Crippen molar-refractivity contribution < 1.29 is 30.8 Å². The lowest BCUT2D eigenvalue weighted by Crippen LogP contribution is -2.12. The number of nitrogens with one attached hydrogen (secondary N) is 1. The number of halogens is 3. The maximum atomic E-state index is 12.9. The van der Waals surface area contributed by atoms with E-state index >= 15 is 0 Å². The number of nitrogens with zero attached hydrogens (tertiary/aromatic N) is 2. The van der Waals surface area contributed by atoms with E-state index in [1.54, 1.807) is 18.2 Å². The first-order chi connectivity index (χ1) is 14.2. The number of anilines is 1. The van der Waals surface area contributed by atoms with Crippen LogP contribution in [-0.4, -0.2) is 25.7 Å². The number of hydrogen-bond donors (Lipinski definition) is 1. The van der Waals surface area contributed by atoms with Crippen molar-refractivity contribution in [2.75, 3.05) is 11.8 Å². The molecule has 0 aliphatic carbocycles. The molecule has 7 nitrogen and oxygen atoms in total. The molecule has 0 aliphatic heterocycles. The third-order valence-electron chi connectivity index (χ3n) is 4.05. The lowest BCUT2D eigenvalue weighted by atomic mass is 10.2. The summed E-state index contributed by atoms with van der Waals surface area (Å²) in [6.07, 6.45) is -3.15. The largest absolute Gasteiger partial charge is 0.497 e. The van der Waals surface area contributed by atoms with E-state index in [0.29, 0.717) is 16.7 Å². The molecular weight excluding hydrogens is 443 g/mol. The molecule has 0 saturated carbocycles. The number of ether oxygens (including phenoxy) is 1. The van der Waals surface area contributed by atoms with Crippen molar-refractivity contribution in [2.24, 2.45) is 0 Å². The molecule has 0 spiro atoms. The van der Waals surface area contributed by atoms with Crippen LogP contribution in [0.3, 0.4) is 0 Å². The van der Waals surface area contributed by atoms with Gasteiger partial charge in [-0.3, -0.25) is 9.71 Å². The van der Waals surface area contributed by atoms with Gasteiger partial charge in [0.2, 0.25) is 5.76 Å². The highest BCUT2D eigenvalue weighted by Crippen LogP contribution is 2.36. The summed E-state index contributed by atoms with van der Waals surface area (Å²) in [5.41, 5.74) is 0.521. The van der Waals surface area contributed by atoms with Crippen LogP contribution in [0, 0.1) is 0 Å². The van der Waals surface area contributed by atoms with Gasteiger partial charge in [0.1, 0.15) is 15.7 Å². The van der Waals surface area contributed by atoms with E-state index < -0.39 is 22.0 Å². The Labute approximate surface area is 172 Å². The third kappa shape index (κ3) is 3.83. The van der Waals surface area contributed by atoms with Gasteiger partial charge in [-0.25, -0.2) is 8.42 Å². The van der Waals surface area contributed by atoms with Crippen molar-refractivity contribution in [3.8, 4) is 16.3 Å². The molecule has 0 radical (unpaired) electrons. The second-order valence-electron chi connectivity index (χ2n) is 6.05. The number of methoxy groups -OCH3 is 1. The van der Waals surface area contributed by atoms with Gasteiger partial charge in [-0.15, -0.1) is 11.3 Å². The number of benzene rings is 1. The Balaban J connectivity index is 1.68. The quantitative estimate of drug-likeness (QED) is 0.466. The molecule has 12 heteroatoms. The van der Waals surface area contributed by atoms with Gasteiger partial charge in [0.25, 0.3) is 10.0 Å². The Kier molecular flexibility index (Phi) is 4.90. The number of pyridine rings is 1. The summed E-state index contributed by atoms with van der Waals surface area (Å²) >= 11 is 0.760. The van der Waals surface area contributed by atoms with Crippen LogP contribution in [0.1, 0.15) is 5.76 Å². The molecule has 1 N–H and O–H groups in total. The van der Waals surface area contributed by atoms with Crippen molar-refractivity contribution in [1.29, 1.82) is 0 Å². The zero-order valence-electron chi connectivity index (χ0n) is 15.1. The van der Waals surface area contributed by atoms with E-state index in [-0.39, 0.29) is 20.5 Å². The maximum Gasteiger partial charge on any atom is 0.452 e. The highest BCUT2D eigenvalue weighted by Gasteiger charge is 2.36. The molecule has 0 bridgehead atoms. The van der Waals surface area contributed by atoms with Crippen molar-refractivity contribution in [3.63, 3.8) is 0 Å². The van der Waals surface area contributed by atoms with Crippen molar-refractivity contribution in [1.82, 2.24) is 10.1 Å². The zero-order chi connectivity index (χ0) is 21.5. The molecule has 0 saturated heterocycles. The second kappa shape index (κ2) is 7.29. The number of fused-ring (bicyclic) bond motifs is 1. The Hall–Kier alpha value is -3.12. The standard InChI is InChI=1S/C18H12F3N3O4S2/c1-27-11-7-10-3-2-6-22-17(10)13(8-11)24-30(25,26)16-5-4-14(29-16)12-9-15(28-23-12)18(19,20)21/h2-9,24H,1H3. The summed E-state index contributed by atoms with van der Waals surface area (Å²) in [5.74, 6) is -0.829. The summed E-state index contributed by atoms with van der Waals surface area (Å²) in [4.78, 5) is 4.42. The van der Waals surface area contributed by atoms with E-state index in [2.05, 4.69) is 19.4 Å². The summed E-state index contributed by atoms with van der Waals surface area (Å²) in [5, 5.41) is 4.04. The topological polar surface area (TPSA) is 94.3 Å². The molecule has 0 atom stereocenters. The highest BCUT2D eigenvalue weighted by atomic mass is 32.2. The zero-order valence-corrected chi connectivity index (χ0v) is 16.7. The average Bonchev–Trinajstić information content (AvgIpc) is 3.37. The van der Waals surface area contributed by atoms with Crippen molar-refractivity contribution >= 4 is 38.0 Å². The van der Waals surface area contributed by atoms with Gasteiger partial charge < -0.3 is 9.26 Å². The minimum atomic E-state index is -4.68. The number of thiophene rings is 1. The summed E-state index contributed by atoms with van der Waals surface area (Å²) in [7, 11) is -2.59. The monoisotopic (exact) mass is 455 g/mol. The van der Waals surface area contributed by atoms with E-state index in [0.717, 1.165) is 17.4 Å². The van der Waals surface area contributed by atoms with E-state index in [9.17, 15) is 21.6 Å². The van der Waals surface area contributed by atoms with Crippen LogP contribution in [0.4, 0.5) is 18.9 Å². The van der Waals surface area contributed by atoms with Crippen LogP contribution in [0.5, 0.6) is 5.75 Å². The fraction of sp³-hybridized carbons (Fsp3) is 0.111. The van der Waals surface area contributed by atoms with Crippen LogP contribution in [0.25, 0.3) is 21.5 Å². The molecule has 0 unspecified atom stereocenters. The summed E-state index contributed by atoms with van der Waals surface area (Å²) < 4.78 is 75.6. The first kappa shape index (κ1) is 20.2. The fourth-order valence-electron chi connectivity index (χ4n) is 2.68. The predicted octanol–water partition coefficient (Wildman–Crippen LogP) is 4.78. The summed E-state index contributed by atoms with van der Waals surface area (Å²) in [6.45, 7) is 0. The Morgan fingerprint density at radius 3 is 2.67 bits per heavy atom. The molecule has 156 valence electrons.